The first-order valence-electron chi connectivity index (χ1n) is 9.19. The molecule has 1 N–H and O–H groups in total. The minimum atomic E-state index is -3.91. The number of hydrogen-bond donors (Lipinski definition) is 1. The van der Waals surface area contributed by atoms with Gasteiger partial charge in [0.05, 0.1) is 16.1 Å². The summed E-state index contributed by atoms with van der Waals surface area (Å²) in [6.07, 6.45) is 0.612. The van der Waals surface area contributed by atoms with E-state index >= 15 is 0 Å². The quantitative estimate of drug-likeness (QED) is 0.700. The first-order chi connectivity index (χ1) is 14.0. The fourth-order valence-electron chi connectivity index (χ4n) is 3.40. The highest BCUT2D eigenvalue weighted by Crippen LogP contribution is 2.33. The smallest absolute Gasteiger partial charge is 0.264 e. The highest BCUT2D eigenvalue weighted by atomic mass is 32.2. The molecule has 7 heteroatoms. The van der Waals surface area contributed by atoms with Crippen molar-refractivity contribution in [2.75, 3.05) is 10.8 Å². The lowest BCUT2D eigenvalue weighted by Gasteiger charge is -2.20. The van der Waals surface area contributed by atoms with Gasteiger partial charge in [-0.1, -0.05) is 48.5 Å². The van der Waals surface area contributed by atoms with Gasteiger partial charge >= 0.3 is 0 Å². The highest BCUT2D eigenvalue weighted by Gasteiger charge is 2.31. The van der Waals surface area contributed by atoms with Gasteiger partial charge in [0.15, 0.2) is 0 Å². The van der Waals surface area contributed by atoms with Gasteiger partial charge in [-0.3, -0.25) is 9.10 Å². The first-order valence-corrected chi connectivity index (χ1v) is 10.6. The van der Waals surface area contributed by atoms with Crippen LogP contribution in [0.3, 0.4) is 0 Å². The molecule has 0 aliphatic carbocycles. The number of rotatable bonds is 5. The summed E-state index contributed by atoms with van der Waals surface area (Å²) in [5.41, 5.74) is 2.12. The van der Waals surface area contributed by atoms with Crippen LogP contribution in [0, 0.1) is 5.82 Å². The van der Waals surface area contributed by atoms with E-state index in [0.29, 0.717) is 18.7 Å². The number of para-hydroxylation sites is 1. The van der Waals surface area contributed by atoms with Crippen molar-refractivity contribution in [2.24, 2.45) is 0 Å². The number of fused-ring (bicyclic) bond motifs is 1. The Kier molecular flexibility index (Phi) is 5.07. The molecular weight excluding hydrogens is 391 g/mol. The van der Waals surface area contributed by atoms with Crippen molar-refractivity contribution in [3.8, 4) is 0 Å². The lowest BCUT2D eigenvalue weighted by molar-refractivity contribution is 0.0946. The molecule has 0 radical (unpaired) electrons. The second-order valence-corrected chi connectivity index (χ2v) is 8.63. The minimum absolute atomic E-state index is 0.111. The molecule has 5 nitrogen and oxygen atoms in total. The van der Waals surface area contributed by atoms with Crippen LogP contribution in [0.25, 0.3) is 0 Å². The number of halogens is 1. The number of carbonyl (C=O) groups is 1. The number of benzene rings is 3. The van der Waals surface area contributed by atoms with E-state index in [-0.39, 0.29) is 17.0 Å². The maximum absolute atomic E-state index is 14.3. The lowest BCUT2D eigenvalue weighted by Crippen LogP contribution is -2.30. The second kappa shape index (κ2) is 7.67. The van der Waals surface area contributed by atoms with Crippen LogP contribution in [-0.4, -0.2) is 20.9 Å². The molecule has 4 rings (SSSR count). The van der Waals surface area contributed by atoms with Crippen molar-refractivity contribution in [2.45, 2.75) is 17.9 Å². The molecule has 0 saturated carbocycles. The van der Waals surface area contributed by atoms with Crippen LogP contribution in [0.5, 0.6) is 0 Å². The van der Waals surface area contributed by atoms with Crippen molar-refractivity contribution < 1.29 is 17.6 Å². The lowest BCUT2D eigenvalue weighted by atomic mass is 10.2. The summed E-state index contributed by atoms with van der Waals surface area (Å²) >= 11 is 0. The van der Waals surface area contributed by atoms with Crippen LogP contribution in [0.2, 0.25) is 0 Å². The summed E-state index contributed by atoms with van der Waals surface area (Å²) in [5, 5.41) is 2.63. The molecule has 1 aliphatic heterocycles. The van der Waals surface area contributed by atoms with E-state index in [9.17, 15) is 17.6 Å². The van der Waals surface area contributed by atoms with Crippen LogP contribution in [0.4, 0.5) is 10.1 Å². The number of amides is 1. The van der Waals surface area contributed by atoms with Gasteiger partial charge in [0.2, 0.25) is 0 Å². The predicted molar refractivity (Wildman–Crippen MR) is 109 cm³/mol. The van der Waals surface area contributed by atoms with Gasteiger partial charge < -0.3 is 5.32 Å². The molecule has 148 valence electrons. The molecule has 0 aromatic heterocycles. The fraction of sp³-hybridized carbons (Fsp3) is 0.136. The van der Waals surface area contributed by atoms with Gasteiger partial charge in [-0.2, -0.15) is 0 Å². The minimum Gasteiger partial charge on any atom is -0.348 e. The Labute approximate surface area is 168 Å². The molecule has 0 saturated heterocycles. The molecule has 1 heterocycles. The number of carbonyl (C=O) groups excluding carboxylic acids is 1. The fourth-order valence-corrected chi connectivity index (χ4v) is 4.93. The summed E-state index contributed by atoms with van der Waals surface area (Å²) in [6.45, 7) is 0.532. The largest absolute Gasteiger partial charge is 0.348 e. The molecule has 0 bridgehead atoms. The number of nitrogens with zero attached hydrogens (tertiary/aromatic N) is 1. The van der Waals surface area contributed by atoms with Crippen molar-refractivity contribution in [1.29, 1.82) is 0 Å². The van der Waals surface area contributed by atoms with E-state index in [0.717, 1.165) is 23.3 Å². The third-order valence-corrected chi connectivity index (χ3v) is 6.72. The summed E-state index contributed by atoms with van der Waals surface area (Å²) < 4.78 is 41.9. The van der Waals surface area contributed by atoms with Gasteiger partial charge in [0, 0.05) is 13.1 Å². The average Bonchev–Trinajstić information content (AvgIpc) is 3.18. The van der Waals surface area contributed by atoms with Crippen molar-refractivity contribution >= 4 is 21.6 Å². The Morgan fingerprint density at radius 1 is 1.00 bits per heavy atom. The molecule has 0 atom stereocenters. The SMILES string of the molecule is O=C(NCc1ccccc1)c1cc(S(=O)(=O)N2CCc3ccccc32)ccc1F. The Morgan fingerprint density at radius 2 is 1.72 bits per heavy atom. The molecule has 1 aliphatic rings. The van der Waals surface area contributed by atoms with Crippen molar-refractivity contribution in [3.63, 3.8) is 0 Å². The van der Waals surface area contributed by atoms with Gasteiger partial charge in [-0.05, 0) is 41.8 Å². The van der Waals surface area contributed by atoms with Crippen molar-refractivity contribution in [3.05, 3.63) is 95.3 Å². The topological polar surface area (TPSA) is 66.5 Å². The Balaban J connectivity index is 1.60. The number of nitrogens with one attached hydrogen (secondary N) is 1. The monoisotopic (exact) mass is 410 g/mol. The average molecular weight is 410 g/mol. The van der Waals surface area contributed by atoms with Gasteiger partial charge in [0.1, 0.15) is 5.82 Å². The van der Waals surface area contributed by atoms with E-state index < -0.39 is 21.7 Å². The van der Waals surface area contributed by atoms with Gasteiger partial charge in [0.25, 0.3) is 15.9 Å². The molecule has 0 unspecified atom stereocenters. The molecule has 3 aromatic carbocycles. The molecule has 29 heavy (non-hydrogen) atoms. The van der Waals surface area contributed by atoms with E-state index in [1.807, 2.05) is 42.5 Å². The third-order valence-electron chi connectivity index (χ3n) is 4.91. The standard InChI is InChI=1S/C22H19FN2O3S/c23-20-11-10-18(14-19(20)22(26)24-15-16-6-2-1-3-7-16)29(27,28)25-13-12-17-8-4-5-9-21(17)25/h1-11,14H,12-13,15H2,(H,24,26). The molecular formula is C22H19FN2O3S. The van der Waals surface area contributed by atoms with E-state index in [4.69, 9.17) is 0 Å². The Bertz CT molecular complexity index is 1160. The molecule has 3 aromatic rings. The van der Waals surface area contributed by atoms with Crippen LogP contribution >= 0.6 is 0 Å². The molecule has 0 fully saturated rings. The first kappa shape index (κ1) is 19.1. The zero-order valence-electron chi connectivity index (χ0n) is 15.5. The van der Waals surface area contributed by atoms with Gasteiger partial charge in [-0.15, -0.1) is 0 Å². The third kappa shape index (κ3) is 3.73. The van der Waals surface area contributed by atoms with Crippen molar-refractivity contribution in [1.82, 2.24) is 5.32 Å². The van der Waals surface area contributed by atoms with E-state index in [1.54, 1.807) is 12.1 Å². The molecule has 1 amide bonds. The second-order valence-electron chi connectivity index (χ2n) is 6.77. The van der Waals surface area contributed by atoms with Crippen LogP contribution in [0.15, 0.2) is 77.7 Å². The van der Waals surface area contributed by atoms with E-state index in [2.05, 4.69) is 5.32 Å². The number of anilines is 1. The summed E-state index contributed by atoms with van der Waals surface area (Å²) in [5.74, 6) is -1.43. The Hall–Kier alpha value is -3.19. The van der Waals surface area contributed by atoms with E-state index in [1.165, 1.54) is 10.4 Å². The number of hydrogen-bond acceptors (Lipinski definition) is 3. The maximum atomic E-state index is 14.3. The zero-order valence-corrected chi connectivity index (χ0v) is 16.3. The summed E-state index contributed by atoms with van der Waals surface area (Å²) in [6, 6.07) is 19.8. The predicted octanol–water partition coefficient (Wildman–Crippen LogP) is 3.51. The van der Waals surface area contributed by atoms with Crippen LogP contribution in [-0.2, 0) is 23.0 Å². The maximum Gasteiger partial charge on any atom is 0.264 e. The Morgan fingerprint density at radius 3 is 2.52 bits per heavy atom. The summed E-state index contributed by atoms with van der Waals surface area (Å²) in [7, 11) is -3.91. The van der Waals surface area contributed by atoms with Gasteiger partial charge in [-0.25, -0.2) is 12.8 Å². The normalized spacial score (nSPS) is 13.2. The number of sulfonamides is 1. The summed E-state index contributed by atoms with van der Waals surface area (Å²) in [4.78, 5) is 12.4. The highest BCUT2D eigenvalue weighted by molar-refractivity contribution is 7.92. The van der Waals surface area contributed by atoms with Crippen LogP contribution < -0.4 is 9.62 Å². The zero-order chi connectivity index (χ0) is 20.4. The molecule has 0 spiro atoms. The van der Waals surface area contributed by atoms with Crippen LogP contribution in [0.1, 0.15) is 21.5 Å².